The van der Waals surface area contributed by atoms with Gasteiger partial charge in [-0.25, -0.2) is 0 Å². The van der Waals surface area contributed by atoms with Crippen LogP contribution in [0.4, 0.5) is 11.4 Å². The zero-order valence-electron chi connectivity index (χ0n) is 9.65. The first-order valence-corrected chi connectivity index (χ1v) is 5.28. The molecular formula is C12H9N3O4. The molecule has 1 aromatic rings. The lowest BCUT2D eigenvalue weighted by molar-refractivity contribution is -0.384. The third-order valence-electron chi connectivity index (χ3n) is 2.24. The van der Waals surface area contributed by atoms with Crippen molar-refractivity contribution in [1.82, 2.24) is 0 Å². The molecule has 1 aliphatic rings. The van der Waals surface area contributed by atoms with Crippen LogP contribution in [0.2, 0.25) is 0 Å². The highest BCUT2D eigenvalue weighted by Crippen LogP contribution is 2.17. The van der Waals surface area contributed by atoms with Gasteiger partial charge >= 0.3 is 0 Å². The molecule has 7 heteroatoms. The highest BCUT2D eigenvalue weighted by atomic mass is 16.6. The van der Waals surface area contributed by atoms with Crippen LogP contribution in [0, 0.1) is 10.1 Å². The number of amides is 1. The Kier molecular flexibility index (Phi) is 3.67. The van der Waals surface area contributed by atoms with Gasteiger partial charge < -0.3 is 10.2 Å². The Morgan fingerprint density at radius 3 is 3.05 bits per heavy atom. The van der Waals surface area contributed by atoms with Gasteiger partial charge in [0.2, 0.25) is 0 Å². The summed E-state index contributed by atoms with van der Waals surface area (Å²) in [7, 11) is 0. The summed E-state index contributed by atoms with van der Waals surface area (Å²) in [5.74, 6) is -0.442. The second-order valence-corrected chi connectivity index (χ2v) is 3.55. The number of benzene rings is 1. The maximum absolute atomic E-state index is 11.9. The third kappa shape index (κ3) is 3.25. The summed E-state index contributed by atoms with van der Waals surface area (Å²) in [4.78, 5) is 26.7. The predicted molar refractivity (Wildman–Crippen MR) is 68.5 cm³/mol. The highest BCUT2D eigenvalue weighted by molar-refractivity contribution is 6.06. The molecule has 1 N–H and O–H groups in total. The standard InChI is InChI=1S/C12H9N3O4/c16-12(9-3-2-6-13-19-8-9)14-10-4-1-5-11(7-10)15(17)18/h1-8H,(H,14,16). The number of allylic oxidation sites excluding steroid dienone is 1. The fourth-order valence-corrected chi connectivity index (χ4v) is 1.37. The van der Waals surface area contributed by atoms with E-state index in [0.29, 0.717) is 5.69 Å². The smallest absolute Gasteiger partial charge is 0.271 e. The number of carbonyl (C=O) groups is 1. The first-order chi connectivity index (χ1) is 9.16. The number of non-ortho nitro benzene ring substituents is 1. The lowest BCUT2D eigenvalue weighted by atomic mass is 10.2. The minimum atomic E-state index is -0.530. The first-order valence-electron chi connectivity index (χ1n) is 5.28. The van der Waals surface area contributed by atoms with E-state index in [1.54, 1.807) is 12.1 Å². The van der Waals surface area contributed by atoms with Crippen molar-refractivity contribution in [3.05, 3.63) is 58.4 Å². The van der Waals surface area contributed by atoms with Gasteiger partial charge in [-0.1, -0.05) is 11.2 Å². The van der Waals surface area contributed by atoms with Gasteiger partial charge in [-0.3, -0.25) is 14.9 Å². The van der Waals surface area contributed by atoms with Crippen LogP contribution in [-0.2, 0) is 9.63 Å². The Labute approximate surface area is 108 Å². The number of nitrogens with one attached hydrogen (secondary N) is 1. The number of oxime groups is 1. The molecule has 0 atom stereocenters. The summed E-state index contributed by atoms with van der Waals surface area (Å²) in [5, 5.41) is 16.6. The molecule has 0 spiro atoms. The SMILES string of the molecule is O=C(Nc1cccc([N+](=O)[O-])c1)C1=CON=CC=C1. The molecule has 96 valence electrons. The lowest BCUT2D eigenvalue weighted by Crippen LogP contribution is -2.13. The van der Waals surface area contributed by atoms with Gasteiger partial charge in [0.25, 0.3) is 11.6 Å². The van der Waals surface area contributed by atoms with E-state index in [2.05, 4.69) is 10.5 Å². The highest BCUT2D eigenvalue weighted by Gasteiger charge is 2.11. The van der Waals surface area contributed by atoms with Crippen molar-refractivity contribution in [3.8, 4) is 0 Å². The van der Waals surface area contributed by atoms with Crippen molar-refractivity contribution in [2.75, 3.05) is 5.32 Å². The fourth-order valence-electron chi connectivity index (χ4n) is 1.37. The van der Waals surface area contributed by atoms with E-state index in [9.17, 15) is 14.9 Å². The van der Waals surface area contributed by atoms with Gasteiger partial charge in [0.1, 0.15) is 6.26 Å². The summed E-state index contributed by atoms with van der Waals surface area (Å²) in [6.07, 6.45) is 5.64. The topological polar surface area (TPSA) is 93.8 Å². The first kappa shape index (κ1) is 12.5. The molecule has 0 saturated carbocycles. The molecule has 1 heterocycles. The van der Waals surface area contributed by atoms with Crippen molar-refractivity contribution in [2.24, 2.45) is 5.16 Å². The van der Waals surface area contributed by atoms with Crippen LogP contribution in [-0.4, -0.2) is 17.0 Å². The van der Waals surface area contributed by atoms with Gasteiger partial charge in [0.15, 0.2) is 0 Å². The molecule has 19 heavy (non-hydrogen) atoms. The van der Waals surface area contributed by atoms with Crippen LogP contribution in [0.1, 0.15) is 0 Å². The van der Waals surface area contributed by atoms with Crippen molar-refractivity contribution in [3.63, 3.8) is 0 Å². The van der Waals surface area contributed by atoms with Gasteiger partial charge in [0, 0.05) is 17.8 Å². The average Bonchev–Trinajstić information content (AvgIpc) is 2.68. The van der Waals surface area contributed by atoms with E-state index in [-0.39, 0.29) is 11.3 Å². The van der Waals surface area contributed by atoms with Crippen LogP contribution in [0.15, 0.2) is 53.4 Å². The Balaban J connectivity index is 2.13. The van der Waals surface area contributed by atoms with Gasteiger partial charge in [-0.15, -0.1) is 0 Å². The number of hydrogen-bond acceptors (Lipinski definition) is 5. The summed E-state index contributed by atoms with van der Waals surface area (Å²) in [6, 6.07) is 5.67. The second-order valence-electron chi connectivity index (χ2n) is 3.55. The van der Waals surface area contributed by atoms with Crippen molar-refractivity contribution in [1.29, 1.82) is 0 Å². The molecule has 0 bridgehead atoms. The summed E-state index contributed by atoms with van der Waals surface area (Å²) >= 11 is 0. The fraction of sp³-hybridized carbons (Fsp3) is 0. The Hall–Kier alpha value is -2.96. The molecule has 0 aromatic heterocycles. The molecule has 0 radical (unpaired) electrons. The zero-order chi connectivity index (χ0) is 13.7. The molecule has 0 fully saturated rings. The summed E-state index contributed by atoms with van der Waals surface area (Å²) in [6.45, 7) is 0. The molecular weight excluding hydrogens is 250 g/mol. The minimum Gasteiger partial charge on any atom is -0.364 e. The monoisotopic (exact) mass is 259 g/mol. The molecule has 7 nitrogen and oxygen atoms in total. The molecule has 1 amide bonds. The normalized spacial score (nSPS) is 13.2. The summed E-state index contributed by atoms with van der Waals surface area (Å²) in [5.41, 5.74) is 0.491. The number of rotatable bonds is 3. The van der Waals surface area contributed by atoms with E-state index in [4.69, 9.17) is 4.84 Å². The second kappa shape index (κ2) is 5.58. The van der Waals surface area contributed by atoms with Gasteiger partial charge in [-0.05, 0) is 18.2 Å². The van der Waals surface area contributed by atoms with Crippen LogP contribution in [0.25, 0.3) is 0 Å². The number of nitro benzene ring substituents is 1. The van der Waals surface area contributed by atoms with Crippen LogP contribution < -0.4 is 5.32 Å². The quantitative estimate of drug-likeness (QED) is 0.663. The van der Waals surface area contributed by atoms with Gasteiger partial charge in [0.05, 0.1) is 16.7 Å². The molecule has 1 aliphatic heterocycles. The van der Waals surface area contributed by atoms with E-state index in [1.165, 1.54) is 36.8 Å². The van der Waals surface area contributed by atoms with Crippen LogP contribution >= 0.6 is 0 Å². The van der Waals surface area contributed by atoms with E-state index < -0.39 is 10.8 Å². The van der Waals surface area contributed by atoms with Crippen molar-refractivity contribution in [2.45, 2.75) is 0 Å². The Morgan fingerprint density at radius 2 is 2.26 bits per heavy atom. The van der Waals surface area contributed by atoms with E-state index >= 15 is 0 Å². The number of carbonyl (C=O) groups excluding carboxylic acids is 1. The van der Waals surface area contributed by atoms with Crippen LogP contribution in [0.3, 0.4) is 0 Å². The number of nitrogens with zero attached hydrogens (tertiary/aromatic N) is 2. The Bertz CT molecular complexity index is 605. The lowest BCUT2D eigenvalue weighted by Gasteiger charge is -2.04. The zero-order valence-corrected chi connectivity index (χ0v) is 9.65. The van der Waals surface area contributed by atoms with E-state index in [0.717, 1.165) is 0 Å². The van der Waals surface area contributed by atoms with Crippen LogP contribution in [0.5, 0.6) is 0 Å². The Morgan fingerprint density at radius 1 is 1.42 bits per heavy atom. The molecule has 1 aromatic carbocycles. The van der Waals surface area contributed by atoms with Crippen molar-refractivity contribution < 1.29 is 14.6 Å². The molecule has 2 rings (SSSR count). The van der Waals surface area contributed by atoms with Gasteiger partial charge in [-0.2, -0.15) is 0 Å². The number of anilines is 1. The number of nitro groups is 1. The van der Waals surface area contributed by atoms with Crippen molar-refractivity contribution >= 4 is 23.5 Å². The molecule has 0 unspecified atom stereocenters. The number of hydrogen-bond donors (Lipinski definition) is 1. The third-order valence-corrected chi connectivity index (χ3v) is 2.24. The molecule has 0 aliphatic carbocycles. The maximum Gasteiger partial charge on any atom is 0.271 e. The van der Waals surface area contributed by atoms with E-state index in [1.807, 2.05) is 0 Å². The molecule has 0 saturated heterocycles. The average molecular weight is 259 g/mol. The minimum absolute atomic E-state index is 0.0947. The predicted octanol–water partition coefficient (Wildman–Crippen LogP) is 1.99. The summed E-state index contributed by atoms with van der Waals surface area (Å²) < 4.78 is 0. The maximum atomic E-state index is 11.9. The largest absolute Gasteiger partial charge is 0.364 e.